The Morgan fingerprint density at radius 2 is 1.73 bits per heavy atom. The van der Waals surface area contributed by atoms with Crippen LogP contribution < -0.4 is 5.56 Å². The lowest BCUT2D eigenvalue weighted by atomic mass is 9.74. The van der Waals surface area contributed by atoms with E-state index >= 15 is 0 Å². The second kappa shape index (κ2) is 11.2. The summed E-state index contributed by atoms with van der Waals surface area (Å²) in [6.07, 6.45) is 0.476. The average molecular weight is 586 g/mol. The highest BCUT2D eigenvalue weighted by molar-refractivity contribution is 6.20. The van der Waals surface area contributed by atoms with Crippen LogP contribution in [0.3, 0.4) is 0 Å². The molecule has 0 amide bonds. The number of carbonyl (C=O) groups excluding carboxylic acids is 1. The fourth-order valence-electron chi connectivity index (χ4n) is 6.43. The molecule has 2 aromatic heterocycles. The Morgan fingerprint density at radius 3 is 2.48 bits per heavy atom. The number of hydrogen-bond donors (Lipinski definition) is 1. The first-order valence-electron chi connectivity index (χ1n) is 14.8. The van der Waals surface area contributed by atoms with Crippen molar-refractivity contribution >= 4 is 22.6 Å². The highest BCUT2D eigenvalue weighted by Crippen LogP contribution is 2.42. The quantitative estimate of drug-likeness (QED) is 0.151. The number of aliphatic hydroxyl groups excluding tert-OH is 1. The van der Waals surface area contributed by atoms with Crippen molar-refractivity contribution in [1.29, 1.82) is 0 Å². The molecule has 8 nitrogen and oxygen atoms in total. The van der Waals surface area contributed by atoms with E-state index in [4.69, 9.17) is 19.7 Å². The van der Waals surface area contributed by atoms with Crippen molar-refractivity contribution in [3.63, 3.8) is 0 Å². The standard InChI is InChI=1S/C36H31N3O5/c1-2-36(22-40)18-31(41)43-21-27-28(36)17-30-34-26(19-39(30)35(27)42)32(25-15-9-10-16-29(25)37-34)33(24-13-7-4-8-14-24)38-44-20-23-11-5-3-6-12-23/h3-17,40H,2,18-22H2,1H3/b38-33+. The molecule has 0 spiro atoms. The van der Waals surface area contributed by atoms with Gasteiger partial charge in [-0.15, -0.1) is 0 Å². The molecule has 0 bridgehead atoms. The molecule has 0 saturated heterocycles. The summed E-state index contributed by atoms with van der Waals surface area (Å²) in [5.74, 6) is -0.423. The number of esters is 1. The summed E-state index contributed by atoms with van der Waals surface area (Å²) >= 11 is 0. The van der Waals surface area contributed by atoms with Crippen LogP contribution in [0, 0.1) is 0 Å². The number of pyridine rings is 2. The maximum atomic E-state index is 14.1. The molecule has 44 heavy (non-hydrogen) atoms. The lowest BCUT2D eigenvalue weighted by Gasteiger charge is -2.30. The van der Waals surface area contributed by atoms with E-state index < -0.39 is 11.4 Å². The van der Waals surface area contributed by atoms with Crippen LogP contribution in [0.5, 0.6) is 0 Å². The summed E-state index contributed by atoms with van der Waals surface area (Å²) < 4.78 is 7.15. The number of aliphatic hydroxyl groups is 1. The van der Waals surface area contributed by atoms with E-state index in [1.54, 1.807) is 4.57 Å². The first-order valence-corrected chi connectivity index (χ1v) is 14.8. The van der Waals surface area contributed by atoms with Gasteiger partial charge in [-0.1, -0.05) is 90.9 Å². The summed E-state index contributed by atoms with van der Waals surface area (Å²) in [4.78, 5) is 37.7. The molecule has 8 heteroatoms. The van der Waals surface area contributed by atoms with Gasteiger partial charge in [-0.05, 0) is 29.7 Å². The third-order valence-electron chi connectivity index (χ3n) is 8.88. The number of fused-ring (bicyclic) bond motifs is 5. The molecule has 220 valence electrons. The second-order valence-corrected chi connectivity index (χ2v) is 11.3. The number of carbonyl (C=O) groups is 1. The van der Waals surface area contributed by atoms with Crippen molar-refractivity contribution in [3.8, 4) is 11.4 Å². The number of rotatable bonds is 7. The Kier molecular flexibility index (Phi) is 7.06. The van der Waals surface area contributed by atoms with Gasteiger partial charge in [0.1, 0.15) is 18.9 Å². The monoisotopic (exact) mass is 585 g/mol. The number of ether oxygens (including phenoxy) is 1. The van der Waals surface area contributed by atoms with Gasteiger partial charge in [-0.25, -0.2) is 4.98 Å². The topological polar surface area (TPSA) is 103 Å². The highest BCUT2D eigenvalue weighted by Gasteiger charge is 2.41. The van der Waals surface area contributed by atoms with E-state index in [1.165, 1.54) is 0 Å². The lowest BCUT2D eigenvalue weighted by molar-refractivity contribution is -0.146. The average Bonchev–Trinajstić information content (AvgIpc) is 3.36. The first-order chi connectivity index (χ1) is 21.5. The summed E-state index contributed by atoms with van der Waals surface area (Å²) in [5.41, 5.74) is 6.18. The predicted octanol–water partition coefficient (Wildman–Crippen LogP) is 5.48. The van der Waals surface area contributed by atoms with Gasteiger partial charge < -0.3 is 19.2 Å². The van der Waals surface area contributed by atoms with Crippen LogP contribution in [0.25, 0.3) is 22.3 Å². The van der Waals surface area contributed by atoms with E-state index in [9.17, 15) is 14.7 Å². The summed E-state index contributed by atoms with van der Waals surface area (Å²) in [5, 5.41) is 16.2. The predicted molar refractivity (Wildman–Crippen MR) is 167 cm³/mol. The molecule has 5 aromatic rings. The first kappa shape index (κ1) is 27.7. The lowest BCUT2D eigenvalue weighted by Crippen LogP contribution is -2.35. The van der Waals surface area contributed by atoms with E-state index in [-0.39, 0.29) is 31.7 Å². The molecular formula is C36H31N3O5. The van der Waals surface area contributed by atoms with Crippen LogP contribution in [-0.2, 0) is 39.5 Å². The third-order valence-corrected chi connectivity index (χ3v) is 8.88. The van der Waals surface area contributed by atoms with Gasteiger partial charge in [0.2, 0.25) is 0 Å². The van der Waals surface area contributed by atoms with E-state index in [0.29, 0.717) is 41.3 Å². The zero-order chi connectivity index (χ0) is 30.3. The Labute approximate surface area is 254 Å². The van der Waals surface area contributed by atoms with E-state index in [2.05, 4.69) is 0 Å². The molecule has 0 radical (unpaired) electrons. The number of cyclic esters (lactones) is 1. The molecule has 1 N–H and O–H groups in total. The van der Waals surface area contributed by atoms with E-state index in [1.807, 2.05) is 97.9 Å². The van der Waals surface area contributed by atoms with Gasteiger partial charge in [0.15, 0.2) is 0 Å². The van der Waals surface area contributed by atoms with Gasteiger partial charge >= 0.3 is 5.97 Å². The molecule has 0 aliphatic carbocycles. The summed E-state index contributed by atoms with van der Waals surface area (Å²) in [6.45, 7) is 2.08. The minimum Gasteiger partial charge on any atom is -0.461 e. The number of oxime groups is 1. The Hall–Kier alpha value is -5.08. The summed E-state index contributed by atoms with van der Waals surface area (Å²) in [7, 11) is 0. The molecule has 2 aliphatic heterocycles. The van der Waals surface area contributed by atoms with Gasteiger partial charge in [0, 0.05) is 27.5 Å². The zero-order valence-electron chi connectivity index (χ0n) is 24.3. The smallest absolute Gasteiger partial charge is 0.307 e. The number of para-hydroxylation sites is 1. The minimum absolute atomic E-state index is 0.00269. The number of hydrogen-bond acceptors (Lipinski definition) is 7. The molecule has 2 aliphatic rings. The maximum absolute atomic E-state index is 14.1. The van der Waals surface area contributed by atoms with E-state index in [0.717, 1.165) is 33.2 Å². The molecule has 4 heterocycles. The largest absolute Gasteiger partial charge is 0.461 e. The van der Waals surface area contributed by atoms with Crippen LogP contribution in [0.15, 0.2) is 101 Å². The van der Waals surface area contributed by atoms with Crippen molar-refractivity contribution in [2.24, 2.45) is 5.16 Å². The highest BCUT2D eigenvalue weighted by atomic mass is 16.6. The van der Waals surface area contributed by atoms with Gasteiger partial charge in [0.25, 0.3) is 5.56 Å². The fourth-order valence-corrected chi connectivity index (χ4v) is 6.43. The molecule has 3 aromatic carbocycles. The third kappa shape index (κ3) is 4.59. The number of benzene rings is 3. The number of aromatic nitrogens is 2. The Morgan fingerprint density at radius 1 is 1.00 bits per heavy atom. The molecule has 1 atom stereocenters. The van der Waals surface area contributed by atoms with Crippen LogP contribution in [0.1, 0.15) is 53.1 Å². The summed E-state index contributed by atoms with van der Waals surface area (Å²) in [6, 6.07) is 29.5. The Bertz CT molecular complexity index is 1980. The van der Waals surface area contributed by atoms with Crippen LogP contribution in [0.4, 0.5) is 0 Å². The second-order valence-electron chi connectivity index (χ2n) is 11.3. The van der Waals surface area contributed by atoms with Gasteiger partial charge in [0.05, 0.1) is 42.0 Å². The van der Waals surface area contributed by atoms with Crippen molar-refractivity contribution in [2.75, 3.05) is 6.61 Å². The van der Waals surface area contributed by atoms with Gasteiger partial charge in [-0.2, -0.15) is 0 Å². The van der Waals surface area contributed by atoms with Crippen molar-refractivity contribution < 1.29 is 19.5 Å². The van der Waals surface area contributed by atoms with Crippen LogP contribution in [-0.4, -0.2) is 32.9 Å². The molecular weight excluding hydrogens is 554 g/mol. The van der Waals surface area contributed by atoms with Crippen molar-refractivity contribution in [3.05, 3.63) is 135 Å². The Balaban J connectivity index is 1.46. The molecule has 7 rings (SSSR count). The molecule has 1 unspecified atom stereocenters. The van der Waals surface area contributed by atoms with Crippen LogP contribution >= 0.6 is 0 Å². The zero-order valence-corrected chi connectivity index (χ0v) is 24.3. The number of nitrogens with zero attached hydrogens (tertiary/aromatic N) is 3. The maximum Gasteiger partial charge on any atom is 0.307 e. The SMILES string of the molecule is CCC1(CO)CC(=O)OCc2c1cc1n(c2=O)Cc2c-1nc1ccccc1c2/C(=N/OCc1ccccc1)c1ccccc1. The normalized spacial score (nSPS) is 17.4. The molecule has 0 fully saturated rings. The van der Waals surface area contributed by atoms with Crippen molar-refractivity contribution in [2.45, 2.75) is 44.9 Å². The van der Waals surface area contributed by atoms with Crippen LogP contribution in [0.2, 0.25) is 0 Å². The van der Waals surface area contributed by atoms with Crippen molar-refractivity contribution in [1.82, 2.24) is 9.55 Å². The van der Waals surface area contributed by atoms with Gasteiger partial charge in [-0.3, -0.25) is 9.59 Å². The fraction of sp³-hybridized carbons (Fsp3) is 0.222. The molecule has 0 saturated carbocycles. The minimum atomic E-state index is -0.915.